The minimum atomic E-state index is -0.590. The van der Waals surface area contributed by atoms with E-state index >= 15 is 0 Å². The van der Waals surface area contributed by atoms with Crippen molar-refractivity contribution in [1.82, 2.24) is 0 Å². The summed E-state index contributed by atoms with van der Waals surface area (Å²) in [4.78, 5) is 11.5. The lowest BCUT2D eigenvalue weighted by molar-refractivity contribution is -0.141. The van der Waals surface area contributed by atoms with Crippen LogP contribution in [0.1, 0.15) is 59.3 Å². The van der Waals surface area contributed by atoms with Crippen LogP contribution in [0, 0.1) is 5.92 Å². The number of aliphatic carboxylic acids is 1. The van der Waals surface area contributed by atoms with E-state index in [1.165, 1.54) is 6.42 Å². The molecule has 0 aliphatic heterocycles. The van der Waals surface area contributed by atoms with Gasteiger partial charge in [-0.15, -0.1) is 11.8 Å². The number of carboxylic acids is 1. The second-order valence-corrected chi connectivity index (χ2v) is 6.81. The average Bonchev–Trinajstić information content (AvgIpc) is 2.29. The molecule has 0 amide bonds. The Bertz CT molecular complexity index is 232. The largest absolute Gasteiger partial charge is 0.480 e. The molecule has 2 nitrogen and oxygen atoms in total. The minimum Gasteiger partial charge on any atom is -0.480 e. The van der Waals surface area contributed by atoms with Gasteiger partial charge in [-0.2, -0.15) is 0 Å². The molecule has 0 heterocycles. The average molecular weight is 244 g/mol. The van der Waals surface area contributed by atoms with Gasteiger partial charge in [0, 0.05) is 5.25 Å². The van der Waals surface area contributed by atoms with Gasteiger partial charge < -0.3 is 5.11 Å². The summed E-state index contributed by atoms with van der Waals surface area (Å²) in [6.07, 6.45) is 6.14. The summed E-state index contributed by atoms with van der Waals surface area (Å²) in [5, 5.41) is 9.92. The summed E-state index contributed by atoms with van der Waals surface area (Å²) in [6, 6.07) is 0. The molecule has 1 saturated carbocycles. The zero-order chi connectivity index (χ0) is 12.2. The predicted molar refractivity (Wildman–Crippen MR) is 70.0 cm³/mol. The highest BCUT2D eigenvalue weighted by Crippen LogP contribution is 2.45. The highest BCUT2D eigenvalue weighted by Gasteiger charge is 2.42. The Hall–Kier alpha value is -0.180. The van der Waals surface area contributed by atoms with Crippen LogP contribution in [0.3, 0.4) is 0 Å². The van der Waals surface area contributed by atoms with Crippen molar-refractivity contribution in [3.8, 4) is 0 Å². The number of hydrogen-bond donors (Lipinski definition) is 1. The summed E-state index contributed by atoms with van der Waals surface area (Å²) in [6.45, 7) is 6.48. The molecule has 0 aromatic heterocycles. The Balaban J connectivity index is 2.65. The van der Waals surface area contributed by atoms with Crippen molar-refractivity contribution in [2.75, 3.05) is 0 Å². The molecule has 0 bridgehead atoms. The maximum absolute atomic E-state index is 11.5. The van der Waals surface area contributed by atoms with Crippen molar-refractivity contribution in [2.24, 2.45) is 5.92 Å². The Kier molecular flexibility index (Phi) is 5.16. The highest BCUT2D eigenvalue weighted by atomic mass is 32.2. The highest BCUT2D eigenvalue weighted by molar-refractivity contribution is 8.02. The molecule has 94 valence electrons. The van der Waals surface area contributed by atoms with E-state index < -0.39 is 10.7 Å². The maximum Gasteiger partial charge on any atom is 0.319 e. The Morgan fingerprint density at radius 2 is 2.00 bits per heavy atom. The molecule has 0 saturated heterocycles. The molecule has 1 atom stereocenters. The Morgan fingerprint density at radius 1 is 1.44 bits per heavy atom. The second-order valence-electron chi connectivity index (χ2n) is 4.99. The summed E-state index contributed by atoms with van der Waals surface area (Å²) in [5.41, 5.74) is 0. The van der Waals surface area contributed by atoms with Gasteiger partial charge in [-0.05, 0) is 38.0 Å². The van der Waals surface area contributed by atoms with Crippen molar-refractivity contribution < 1.29 is 9.90 Å². The summed E-state index contributed by atoms with van der Waals surface area (Å²) in [7, 11) is 0. The first-order chi connectivity index (χ1) is 7.54. The molecule has 1 fully saturated rings. The summed E-state index contributed by atoms with van der Waals surface area (Å²) >= 11 is 1.69. The first-order valence-corrected chi connectivity index (χ1v) is 7.33. The second kappa shape index (κ2) is 5.95. The third-order valence-electron chi connectivity index (χ3n) is 3.88. The lowest BCUT2D eigenvalue weighted by atomic mass is 9.80. The van der Waals surface area contributed by atoms with Crippen molar-refractivity contribution in [3.05, 3.63) is 0 Å². The summed E-state index contributed by atoms with van der Waals surface area (Å²) in [5.74, 6) is 0.164. The van der Waals surface area contributed by atoms with Crippen molar-refractivity contribution in [3.63, 3.8) is 0 Å². The van der Waals surface area contributed by atoms with Crippen molar-refractivity contribution in [1.29, 1.82) is 0 Å². The fourth-order valence-electron chi connectivity index (χ4n) is 2.40. The molecule has 16 heavy (non-hydrogen) atoms. The molecule has 1 N–H and O–H groups in total. The zero-order valence-electron chi connectivity index (χ0n) is 10.7. The van der Waals surface area contributed by atoms with E-state index in [1.54, 1.807) is 11.8 Å². The van der Waals surface area contributed by atoms with Crippen LogP contribution in [0.5, 0.6) is 0 Å². The quantitative estimate of drug-likeness (QED) is 0.796. The van der Waals surface area contributed by atoms with Crippen LogP contribution in [0.2, 0.25) is 0 Å². The van der Waals surface area contributed by atoms with Gasteiger partial charge >= 0.3 is 5.97 Å². The molecule has 3 heteroatoms. The number of thioether (sulfide) groups is 1. The van der Waals surface area contributed by atoms with E-state index in [4.69, 9.17) is 0 Å². The minimum absolute atomic E-state index is 0.453. The summed E-state index contributed by atoms with van der Waals surface area (Å²) < 4.78 is -0.485. The molecule has 0 aromatic carbocycles. The van der Waals surface area contributed by atoms with Gasteiger partial charge in [0.05, 0.1) is 0 Å². The maximum atomic E-state index is 11.5. The topological polar surface area (TPSA) is 37.3 Å². The lowest BCUT2D eigenvalue weighted by Crippen LogP contribution is -2.40. The van der Waals surface area contributed by atoms with Crippen LogP contribution in [0.4, 0.5) is 0 Å². The van der Waals surface area contributed by atoms with E-state index in [0.717, 1.165) is 38.0 Å². The number of hydrogen-bond acceptors (Lipinski definition) is 2. The van der Waals surface area contributed by atoms with E-state index in [0.29, 0.717) is 5.25 Å². The molecule has 0 aromatic rings. The van der Waals surface area contributed by atoms with E-state index in [2.05, 4.69) is 20.8 Å². The lowest BCUT2D eigenvalue weighted by Gasteiger charge is -2.37. The molecule has 1 unspecified atom stereocenters. The first kappa shape index (κ1) is 13.9. The van der Waals surface area contributed by atoms with Gasteiger partial charge in [0.1, 0.15) is 4.75 Å². The van der Waals surface area contributed by atoms with E-state index in [9.17, 15) is 9.90 Å². The number of carboxylic acid groups (broad SMARTS) is 1. The van der Waals surface area contributed by atoms with Gasteiger partial charge in [0.2, 0.25) is 0 Å². The molecule has 1 aliphatic rings. The van der Waals surface area contributed by atoms with Crippen LogP contribution in [-0.2, 0) is 4.79 Å². The van der Waals surface area contributed by atoms with Crippen LogP contribution in [0.15, 0.2) is 0 Å². The monoisotopic (exact) mass is 244 g/mol. The van der Waals surface area contributed by atoms with Gasteiger partial charge in [-0.3, -0.25) is 4.79 Å². The van der Waals surface area contributed by atoms with E-state index in [-0.39, 0.29) is 0 Å². The fraction of sp³-hybridized carbons (Fsp3) is 0.923. The van der Waals surface area contributed by atoms with Gasteiger partial charge in [-0.25, -0.2) is 0 Å². The fourth-order valence-corrected chi connectivity index (χ4v) is 3.91. The molecule has 1 aliphatic carbocycles. The van der Waals surface area contributed by atoms with Crippen molar-refractivity contribution in [2.45, 2.75) is 69.3 Å². The first-order valence-electron chi connectivity index (χ1n) is 6.45. The van der Waals surface area contributed by atoms with Gasteiger partial charge in [0.25, 0.3) is 0 Å². The third-order valence-corrected chi connectivity index (χ3v) is 5.65. The molecule has 0 spiro atoms. The standard InChI is InChI=1S/C13H24O2S/c1-4-10(3)16-13(12(14)15)8-6-11(5-2)7-9-13/h10-11H,4-9H2,1-3H3,(H,14,15). The normalized spacial score (nSPS) is 32.3. The van der Waals surface area contributed by atoms with Gasteiger partial charge in [0.15, 0.2) is 0 Å². The van der Waals surface area contributed by atoms with Crippen LogP contribution in [-0.4, -0.2) is 21.1 Å². The third kappa shape index (κ3) is 3.16. The number of carbonyl (C=O) groups is 1. The smallest absolute Gasteiger partial charge is 0.319 e. The van der Waals surface area contributed by atoms with Crippen LogP contribution >= 0.6 is 11.8 Å². The molecule has 0 radical (unpaired) electrons. The number of rotatable bonds is 5. The van der Waals surface area contributed by atoms with Crippen LogP contribution < -0.4 is 0 Å². The van der Waals surface area contributed by atoms with E-state index in [1.807, 2.05) is 0 Å². The zero-order valence-corrected chi connectivity index (χ0v) is 11.5. The van der Waals surface area contributed by atoms with Gasteiger partial charge in [-0.1, -0.05) is 27.2 Å². The predicted octanol–water partition coefficient (Wildman–Crippen LogP) is 3.94. The molecular formula is C13H24O2S. The SMILES string of the molecule is CCC1CCC(SC(C)CC)(C(=O)O)CC1. The Morgan fingerprint density at radius 3 is 2.38 bits per heavy atom. The molecule has 1 rings (SSSR count). The Labute approximate surface area is 103 Å². The molecular weight excluding hydrogens is 220 g/mol. The van der Waals surface area contributed by atoms with Crippen molar-refractivity contribution >= 4 is 17.7 Å². The van der Waals surface area contributed by atoms with Crippen LogP contribution in [0.25, 0.3) is 0 Å².